The number of phenols is 1. The zero-order valence-electron chi connectivity index (χ0n) is 14.5. The van der Waals surface area contributed by atoms with Crippen molar-refractivity contribution in [2.24, 2.45) is 0 Å². The van der Waals surface area contributed by atoms with Crippen molar-refractivity contribution in [3.05, 3.63) is 53.0 Å². The Kier molecular flexibility index (Phi) is 4.51. The molecule has 3 aromatic rings. The second kappa shape index (κ2) is 6.96. The molecule has 1 aromatic heterocycles. The molecule has 0 aliphatic carbocycles. The van der Waals surface area contributed by atoms with E-state index in [9.17, 15) is 9.90 Å². The number of piperidine rings is 1. The highest BCUT2D eigenvalue weighted by atomic mass is 32.1. The van der Waals surface area contributed by atoms with Crippen LogP contribution < -0.4 is 4.74 Å². The van der Waals surface area contributed by atoms with E-state index in [0.29, 0.717) is 30.3 Å². The standard InChI is InChI=1S/C20H20N2O3S/c1-25-14-6-7-15(17(23)12-14)20(24)22-10-8-13(9-11-22)19-21-16-4-2-3-5-18(16)26-19/h2-7,12-13,23H,8-11H2,1H3. The van der Waals surface area contributed by atoms with Crippen LogP contribution in [0.4, 0.5) is 0 Å². The predicted octanol–water partition coefficient (Wildman–Crippen LogP) is 4.03. The van der Waals surface area contributed by atoms with E-state index in [-0.39, 0.29) is 11.7 Å². The van der Waals surface area contributed by atoms with E-state index < -0.39 is 0 Å². The fourth-order valence-electron chi connectivity index (χ4n) is 3.38. The highest BCUT2D eigenvalue weighted by Crippen LogP contribution is 2.34. The number of fused-ring (bicyclic) bond motifs is 1. The molecular formula is C20H20N2O3S. The number of aromatic hydroxyl groups is 1. The number of methoxy groups -OCH3 is 1. The van der Waals surface area contributed by atoms with Crippen LogP contribution in [0.1, 0.15) is 34.1 Å². The zero-order chi connectivity index (χ0) is 18.1. The second-order valence-corrected chi connectivity index (χ2v) is 7.53. The quantitative estimate of drug-likeness (QED) is 0.758. The van der Waals surface area contributed by atoms with Gasteiger partial charge in [0.25, 0.3) is 5.91 Å². The van der Waals surface area contributed by atoms with Gasteiger partial charge in [-0.25, -0.2) is 4.98 Å². The van der Waals surface area contributed by atoms with Gasteiger partial charge in [-0.05, 0) is 37.1 Å². The van der Waals surface area contributed by atoms with E-state index in [1.54, 1.807) is 23.5 Å². The number of thiazole rings is 1. The van der Waals surface area contributed by atoms with Crippen LogP contribution in [0.15, 0.2) is 42.5 Å². The average Bonchev–Trinajstić information content (AvgIpc) is 3.11. The van der Waals surface area contributed by atoms with Gasteiger partial charge in [-0.3, -0.25) is 4.79 Å². The highest BCUT2D eigenvalue weighted by Gasteiger charge is 2.27. The van der Waals surface area contributed by atoms with Gasteiger partial charge in [0.05, 0.1) is 27.9 Å². The molecule has 6 heteroatoms. The number of phenolic OH excluding ortho intramolecular Hbond substituents is 1. The summed E-state index contributed by atoms with van der Waals surface area (Å²) in [5, 5.41) is 11.3. The number of hydrogen-bond donors (Lipinski definition) is 1. The summed E-state index contributed by atoms with van der Waals surface area (Å²) in [6, 6.07) is 13.0. The first-order valence-corrected chi connectivity index (χ1v) is 9.49. The van der Waals surface area contributed by atoms with Crippen LogP contribution in [0.2, 0.25) is 0 Å². The van der Waals surface area contributed by atoms with Crippen LogP contribution in [0.5, 0.6) is 11.5 Å². The smallest absolute Gasteiger partial charge is 0.257 e. The summed E-state index contributed by atoms with van der Waals surface area (Å²) in [5.74, 6) is 0.755. The Bertz CT molecular complexity index is 912. The maximum atomic E-state index is 12.7. The molecule has 1 N–H and O–H groups in total. The summed E-state index contributed by atoms with van der Waals surface area (Å²) < 4.78 is 6.28. The van der Waals surface area contributed by atoms with Crippen molar-refractivity contribution in [1.29, 1.82) is 0 Å². The lowest BCUT2D eigenvalue weighted by atomic mass is 9.97. The molecule has 1 fully saturated rings. The molecule has 0 atom stereocenters. The molecule has 0 saturated carbocycles. The molecule has 1 amide bonds. The largest absolute Gasteiger partial charge is 0.507 e. The molecule has 2 aromatic carbocycles. The van der Waals surface area contributed by atoms with E-state index in [0.717, 1.165) is 23.4 Å². The minimum absolute atomic E-state index is 0.0392. The first kappa shape index (κ1) is 16.8. The molecule has 1 saturated heterocycles. The van der Waals surface area contributed by atoms with Crippen LogP contribution in [0, 0.1) is 0 Å². The molecule has 1 aliphatic heterocycles. The fraction of sp³-hybridized carbons (Fsp3) is 0.300. The van der Waals surface area contributed by atoms with E-state index >= 15 is 0 Å². The van der Waals surface area contributed by atoms with Gasteiger partial charge in [-0.1, -0.05) is 12.1 Å². The minimum atomic E-state index is -0.132. The van der Waals surface area contributed by atoms with Crippen LogP contribution in [0.25, 0.3) is 10.2 Å². The van der Waals surface area contributed by atoms with Crippen LogP contribution >= 0.6 is 11.3 Å². The van der Waals surface area contributed by atoms with Crippen molar-refractivity contribution in [3.8, 4) is 11.5 Å². The molecule has 4 rings (SSSR count). The van der Waals surface area contributed by atoms with E-state index in [2.05, 4.69) is 6.07 Å². The molecule has 134 valence electrons. The summed E-state index contributed by atoms with van der Waals surface area (Å²) in [5.41, 5.74) is 1.37. The van der Waals surface area contributed by atoms with Gasteiger partial charge < -0.3 is 14.7 Å². The maximum Gasteiger partial charge on any atom is 0.257 e. The number of carbonyl (C=O) groups excluding carboxylic acids is 1. The number of rotatable bonds is 3. The van der Waals surface area contributed by atoms with Gasteiger partial charge in [-0.2, -0.15) is 0 Å². The number of para-hydroxylation sites is 1. The average molecular weight is 368 g/mol. The third-order valence-electron chi connectivity index (χ3n) is 4.88. The third-order valence-corrected chi connectivity index (χ3v) is 6.08. The lowest BCUT2D eigenvalue weighted by Gasteiger charge is -2.31. The van der Waals surface area contributed by atoms with E-state index in [1.165, 1.54) is 17.9 Å². The van der Waals surface area contributed by atoms with Crippen LogP contribution in [-0.4, -0.2) is 41.1 Å². The Morgan fingerprint density at radius 1 is 1.23 bits per heavy atom. The monoisotopic (exact) mass is 368 g/mol. The van der Waals surface area contributed by atoms with Crippen molar-refractivity contribution in [1.82, 2.24) is 9.88 Å². The Morgan fingerprint density at radius 3 is 2.69 bits per heavy atom. The van der Waals surface area contributed by atoms with Crippen LogP contribution in [-0.2, 0) is 0 Å². The van der Waals surface area contributed by atoms with Gasteiger partial charge in [0.2, 0.25) is 0 Å². The Balaban J connectivity index is 1.45. The molecule has 26 heavy (non-hydrogen) atoms. The molecule has 2 heterocycles. The number of aromatic nitrogens is 1. The molecular weight excluding hydrogens is 348 g/mol. The summed E-state index contributed by atoms with van der Waals surface area (Å²) >= 11 is 1.75. The number of carbonyl (C=O) groups is 1. The Hall–Kier alpha value is -2.60. The molecule has 5 nitrogen and oxygen atoms in total. The number of nitrogens with zero attached hydrogens (tertiary/aromatic N) is 2. The van der Waals surface area contributed by atoms with E-state index in [4.69, 9.17) is 9.72 Å². The first-order valence-electron chi connectivity index (χ1n) is 8.67. The summed E-state index contributed by atoms with van der Waals surface area (Å²) in [4.78, 5) is 19.3. The first-order chi connectivity index (χ1) is 12.7. The number of ether oxygens (including phenoxy) is 1. The zero-order valence-corrected chi connectivity index (χ0v) is 15.3. The van der Waals surface area contributed by atoms with Gasteiger partial charge in [0.1, 0.15) is 11.5 Å². The Morgan fingerprint density at radius 2 is 2.00 bits per heavy atom. The van der Waals surface area contributed by atoms with Gasteiger partial charge in [0.15, 0.2) is 0 Å². The fourth-order valence-corrected chi connectivity index (χ4v) is 4.52. The van der Waals surface area contributed by atoms with Crippen molar-refractivity contribution < 1.29 is 14.6 Å². The Labute approximate surface area is 155 Å². The third kappa shape index (κ3) is 3.12. The normalized spacial score (nSPS) is 15.3. The minimum Gasteiger partial charge on any atom is -0.507 e. The number of likely N-dealkylation sites (tertiary alicyclic amines) is 1. The summed E-state index contributed by atoms with van der Waals surface area (Å²) in [7, 11) is 1.53. The number of hydrogen-bond acceptors (Lipinski definition) is 5. The maximum absolute atomic E-state index is 12.7. The van der Waals surface area contributed by atoms with Gasteiger partial charge in [0, 0.05) is 25.1 Å². The van der Waals surface area contributed by atoms with Crippen molar-refractivity contribution in [2.45, 2.75) is 18.8 Å². The number of amides is 1. The summed E-state index contributed by atoms with van der Waals surface area (Å²) in [6.07, 6.45) is 1.78. The molecule has 0 bridgehead atoms. The van der Waals surface area contributed by atoms with Crippen molar-refractivity contribution in [2.75, 3.05) is 20.2 Å². The topological polar surface area (TPSA) is 62.7 Å². The summed E-state index contributed by atoms with van der Waals surface area (Å²) in [6.45, 7) is 1.34. The number of benzene rings is 2. The highest BCUT2D eigenvalue weighted by molar-refractivity contribution is 7.18. The predicted molar refractivity (Wildman–Crippen MR) is 102 cm³/mol. The lowest BCUT2D eigenvalue weighted by molar-refractivity contribution is 0.0710. The van der Waals surface area contributed by atoms with E-state index in [1.807, 2.05) is 23.1 Å². The molecule has 0 unspecified atom stereocenters. The molecule has 1 aliphatic rings. The molecule has 0 spiro atoms. The van der Waals surface area contributed by atoms with Crippen molar-refractivity contribution >= 4 is 27.5 Å². The molecule has 0 radical (unpaired) electrons. The van der Waals surface area contributed by atoms with Gasteiger partial charge >= 0.3 is 0 Å². The SMILES string of the molecule is COc1ccc(C(=O)N2CCC(c3nc4ccccc4s3)CC2)c(O)c1. The van der Waals surface area contributed by atoms with Crippen LogP contribution in [0.3, 0.4) is 0 Å². The lowest BCUT2D eigenvalue weighted by Crippen LogP contribution is -2.37. The van der Waals surface area contributed by atoms with Gasteiger partial charge in [-0.15, -0.1) is 11.3 Å². The second-order valence-electron chi connectivity index (χ2n) is 6.47. The van der Waals surface area contributed by atoms with Crippen molar-refractivity contribution in [3.63, 3.8) is 0 Å².